The van der Waals surface area contributed by atoms with Gasteiger partial charge < -0.3 is 0 Å². The van der Waals surface area contributed by atoms with Crippen molar-refractivity contribution in [1.29, 1.82) is 0 Å². The van der Waals surface area contributed by atoms with Crippen molar-refractivity contribution in [3.63, 3.8) is 0 Å². The summed E-state index contributed by atoms with van der Waals surface area (Å²) < 4.78 is 12.5. The minimum Gasteiger partial charge on any atom is -0.207 e. The summed E-state index contributed by atoms with van der Waals surface area (Å²) in [5.74, 6) is -0.178. The monoisotopic (exact) mass is 151 g/mol. The van der Waals surface area contributed by atoms with Gasteiger partial charge in [0.05, 0.1) is 0 Å². The molecule has 51 valence electrons. The third-order valence-corrected chi connectivity index (χ3v) is 1.68. The normalized spacial score (nSPS) is 13.1. The fourth-order valence-corrected chi connectivity index (χ4v) is 0.955. The van der Waals surface area contributed by atoms with E-state index >= 15 is 0 Å². The molecule has 0 spiro atoms. The van der Waals surface area contributed by atoms with Crippen molar-refractivity contribution >= 4 is 10.2 Å². The lowest BCUT2D eigenvalue weighted by Gasteiger charge is -2.02. The Labute approximate surface area is 63.5 Å². The summed E-state index contributed by atoms with van der Waals surface area (Å²) in [6, 6.07) is 6.57. The van der Waals surface area contributed by atoms with Crippen LogP contribution in [-0.2, 0) is 0 Å². The van der Waals surface area contributed by atoms with Crippen LogP contribution in [0.5, 0.6) is 0 Å². The quantitative estimate of drug-likeness (QED) is 0.539. The predicted molar refractivity (Wildman–Crippen MR) is 40.6 cm³/mol. The third-order valence-electron chi connectivity index (χ3n) is 1.35. The maximum atomic E-state index is 12.5. The second-order valence-electron chi connectivity index (χ2n) is 2.28. The van der Waals surface area contributed by atoms with E-state index in [4.69, 9.17) is 0 Å². The second-order valence-corrected chi connectivity index (χ2v) is 3.14. The highest BCUT2D eigenvalue weighted by atomic mass is 28.1. The van der Waals surface area contributed by atoms with Gasteiger partial charge in [0.1, 0.15) is 5.82 Å². The molecular weight excluding hydrogens is 143 g/mol. The van der Waals surface area contributed by atoms with Crippen LogP contribution in [0.1, 0.15) is 18.0 Å². The molecule has 1 rings (SSSR count). The molecule has 0 aliphatic heterocycles. The van der Waals surface area contributed by atoms with Crippen molar-refractivity contribution in [3.05, 3.63) is 35.6 Å². The summed E-state index contributed by atoms with van der Waals surface area (Å²) in [4.78, 5) is 0. The molecule has 1 aromatic carbocycles. The van der Waals surface area contributed by atoms with Crippen LogP contribution >= 0.6 is 0 Å². The summed E-state index contributed by atoms with van der Waals surface area (Å²) in [5, 5.41) is 0. The molecule has 0 bridgehead atoms. The average Bonchev–Trinajstić information content (AvgIpc) is 1.88. The highest BCUT2D eigenvalue weighted by Crippen LogP contribution is 2.11. The van der Waals surface area contributed by atoms with Crippen molar-refractivity contribution in [2.45, 2.75) is 12.5 Å². The Bertz CT molecular complexity index is 220. The first-order valence-electron chi connectivity index (χ1n) is 3.17. The minimum absolute atomic E-state index is 0.178. The molecule has 0 nitrogen and oxygen atoms in total. The lowest BCUT2D eigenvalue weighted by Crippen LogP contribution is -1.91. The maximum Gasteiger partial charge on any atom is 0.123 e. The van der Waals surface area contributed by atoms with Gasteiger partial charge >= 0.3 is 0 Å². The van der Waals surface area contributed by atoms with E-state index in [1.807, 2.05) is 13.0 Å². The van der Waals surface area contributed by atoms with Gasteiger partial charge in [-0.3, -0.25) is 0 Å². The van der Waals surface area contributed by atoms with Gasteiger partial charge in [0, 0.05) is 10.2 Å². The standard InChI is InChI=1S/C8H8FSi/c1-6(10)7-3-2-4-8(9)5-7/h2-6H,1H3. The molecular formula is C8H8FSi. The predicted octanol–water partition coefficient (Wildman–Crippen LogP) is 2.06. The summed E-state index contributed by atoms with van der Waals surface area (Å²) in [5.41, 5.74) is 1.19. The third kappa shape index (κ3) is 1.67. The molecule has 0 aromatic heterocycles. The summed E-state index contributed by atoms with van der Waals surface area (Å²) in [6.45, 7) is 1.96. The van der Waals surface area contributed by atoms with Crippen LogP contribution in [0.3, 0.4) is 0 Å². The van der Waals surface area contributed by atoms with E-state index in [-0.39, 0.29) is 11.4 Å². The average molecular weight is 151 g/mol. The number of rotatable bonds is 1. The molecule has 2 heteroatoms. The summed E-state index contributed by atoms with van der Waals surface area (Å²) in [6.07, 6.45) is 0. The molecule has 10 heavy (non-hydrogen) atoms. The van der Waals surface area contributed by atoms with E-state index in [0.717, 1.165) is 5.56 Å². The zero-order valence-corrected chi connectivity index (χ0v) is 6.76. The van der Waals surface area contributed by atoms with Gasteiger partial charge in [-0.1, -0.05) is 19.1 Å². The molecule has 0 fully saturated rings. The van der Waals surface area contributed by atoms with E-state index in [1.165, 1.54) is 12.1 Å². The van der Waals surface area contributed by atoms with Crippen molar-refractivity contribution in [3.8, 4) is 0 Å². The van der Waals surface area contributed by atoms with Gasteiger partial charge in [0.25, 0.3) is 0 Å². The topological polar surface area (TPSA) is 0 Å². The molecule has 0 heterocycles. The van der Waals surface area contributed by atoms with Crippen LogP contribution in [-0.4, -0.2) is 10.2 Å². The van der Waals surface area contributed by atoms with Crippen LogP contribution in [0.4, 0.5) is 4.39 Å². The molecule has 0 saturated heterocycles. The van der Waals surface area contributed by atoms with Crippen LogP contribution < -0.4 is 0 Å². The molecule has 0 N–H and O–H groups in total. The van der Waals surface area contributed by atoms with E-state index in [1.54, 1.807) is 6.07 Å². The number of hydrogen-bond acceptors (Lipinski definition) is 0. The van der Waals surface area contributed by atoms with Crippen LogP contribution in [0.2, 0.25) is 0 Å². The lowest BCUT2D eigenvalue weighted by atomic mass is 10.2. The van der Waals surface area contributed by atoms with Crippen LogP contribution in [0.25, 0.3) is 0 Å². The molecule has 1 aromatic rings. The Morgan fingerprint density at radius 2 is 2.20 bits per heavy atom. The maximum absolute atomic E-state index is 12.5. The van der Waals surface area contributed by atoms with Gasteiger partial charge in [-0.05, 0) is 23.2 Å². The SMILES string of the molecule is CC([Si])c1cccc(F)c1. The highest BCUT2D eigenvalue weighted by Gasteiger charge is 1.98. The molecule has 0 saturated carbocycles. The second kappa shape index (κ2) is 2.97. The minimum atomic E-state index is -0.178. The fraction of sp³-hybridized carbons (Fsp3) is 0.250. The van der Waals surface area contributed by atoms with E-state index in [9.17, 15) is 4.39 Å². The summed E-state index contributed by atoms with van der Waals surface area (Å²) in [7, 11) is 3.40. The summed E-state index contributed by atoms with van der Waals surface area (Å²) >= 11 is 0. The van der Waals surface area contributed by atoms with Gasteiger partial charge in [-0.15, -0.1) is 0 Å². The Hall–Kier alpha value is -0.633. The van der Waals surface area contributed by atoms with Crippen molar-refractivity contribution < 1.29 is 4.39 Å². The van der Waals surface area contributed by atoms with Crippen LogP contribution in [0, 0.1) is 5.82 Å². The smallest absolute Gasteiger partial charge is 0.123 e. The van der Waals surface area contributed by atoms with Crippen LogP contribution in [0.15, 0.2) is 24.3 Å². The molecule has 1 atom stereocenters. The zero-order chi connectivity index (χ0) is 7.56. The van der Waals surface area contributed by atoms with Gasteiger partial charge in [-0.2, -0.15) is 0 Å². The van der Waals surface area contributed by atoms with Crippen molar-refractivity contribution in [2.24, 2.45) is 0 Å². The number of halogens is 1. The Balaban J connectivity index is 2.96. The van der Waals surface area contributed by atoms with Gasteiger partial charge in [0.15, 0.2) is 0 Å². The Morgan fingerprint density at radius 1 is 1.50 bits per heavy atom. The Morgan fingerprint density at radius 3 is 2.60 bits per heavy atom. The Kier molecular flexibility index (Phi) is 2.22. The highest BCUT2D eigenvalue weighted by molar-refractivity contribution is 6.12. The number of hydrogen-bond donors (Lipinski definition) is 0. The zero-order valence-electron chi connectivity index (χ0n) is 5.76. The fourth-order valence-electron chi connectivity index (χ4n) is 0.776. The largest absolute Gasteiger partial charge is 0.207 e. The molecule has 3 radical (unpaired) electrons. The molecule has 0 aliphatic carbocycles. The van der Waals surface area contributed by atoms with Crippen molar-refractivity contribution in [2.75, 3.05) is 0 Å². The van der Waals surface area contributed by atoms with Gasteiger partial charge in [0.2, 0.25) is 0 Å². The molecule has 0 aliphatic rings. The lowest BCUT2D eigenvalue weighted by molar-refractivity contribution is 0.625. The first kappa shape index (κ1) is 7.47. The van der Waals surface area contributed by atoms with E-state index in [0.29, 0.717) is 0 Å². The molecule has 0 amide bonds. The first-order chi connectivity index (χ1) is 4.70. The van der Waals surface area contributed by atoms with E-state index in [2.05, 4.69) is 10.2 Å². The van der Waals surface area contributed by atoms with Crippen molar-refractivity contribution in [1.82, 2.24) is 0 Å². The van der Waals surface area contributed by atoms with Gasteiger partial charge in [-0.25, -0.2) is 4.39 Å². The first-order valence-corrected chi connectivity index (χ1v) is 3.74. The molecule has 1 unspecified atom stereocenters. The van der Waals surface area contributed by atoms with E-state index < -0.39 is 0 Å². The number of benzene rings is 1.